The van der Waals surface area contributed by atoms with E-state index in [2.05, 4.69) is 95.4 Å². The van der Waals surface area contributed by atoms with E-state index in [0.29, 0.717) is 34.9 Å². The average molecular weight is 2000 g/mol. The fourth-order valence-corrected chi connectivity index (χ4v) is 15.5. The fraction of sp³-hybridized carbons (Fsp3) is 0.604. The first-order valence-corrected chi connectivity index (χ1v) is 47.8. The molecule has 0 radical (unpaired) electrons. The molecule has 1 aromatic heterocycles. The molecule has 0 spiro atoms. The largest absolute Gasteiger partial charge is 0.481 e. The van der Waals surface area contributed by atoms with Crippen molar-refractivity contribution in [2.24, 2.45) is 69.4 Å². The van der Waals surface area contributed by atoms with Gasteiger partial charge in [-0.05, 0) is 164 Å². The zero-order chi connectivity index (χ0) is 106. The summed E-state index contributed by atoms with van der Waals surface area (Å²) in [5.41, 5.74) is 52.1. The number of benzene rings is 2. The number of unbranched alkanes of at least 4 members (excludes halogenated alkanes) is 2. The van der Waals surface area contributed by atoms with Crippen LogP contribution >= 0.6 is 0 Å². The lowest BCUT2D eigenvalue weighted by Crippen LogP contribution is -2.61. The Morgan fingerprint density at radius 2 is 0.838 bits per heavy atom. The molecule has 2 heterocycles. The van der Waals surface area contributed by atoms with Gasteiger partial charge < -0.3 is 157 Å². The molecule has 0 aliphatic carbocycles. The van der Waals surface area contributed by atoms with Crippen LogP contribution in [0.2, 0.25) is 0 Å². The van der Waals surface area contributed by atoms with Gasteiger partial charge in [-0.15, -0.1) is 0 Å². The number of nitrogens with one attached hydrogen (secondary N) is 21. The number of carboxylic acids is 1. The number of likely N-dealkylation sites (tertiary alicyclic amines) is 1. The molecule has 51 heteroatoms. The van der Waals surface area contributed by atoms with Crippen LogP contribution in [-0.2, 0) is 104 Å². The molecule has 18 amide bonds. The number of rotatable bonds is 67. The number of nitrogens with two attached hydrogens (primary N) is 9. The van der Waals surface area contributed by atoms with E-state index in [4.69, 9.17) is 67.8 Å². The molecule has 1 saturated heterocycles. The van der Waals surface area contributed by atoms with Gasteiger partial charge in [-0.2, -0.15) is 0 Å². The number of carbonyl (C=O) groups is 19. The topological polar surface area (TPSA) is 874 Å². The molecular weight excluding hydrogens is 1850 g/mol. The van der Waals surface area contributed by atoms with E-state index < -0.39 is 259 Å². The average Bonchev–Trinajstić information content (AvgIpc) is 1.65. The Morgan fingerprint density at radius 1 is 0.430 bits per heavy atom. The minimum absolute atomic E-state index is 0.000898. The number of aromatic nitrogens is 1. The van der Waals surface area contributed by atoms with Gasteiger partial charge in [-0.3, -0.25) is 107 Å². The number of guanidine groups is 3. The number of para-hydroxylation sites is 1. The number of fused-ring (bicyclic) bond motifs is 1. The highest BCUT2D eigenvalue weighted by Crippen LogP contribution is 2.24. The summed E-state index contributed by atoms with van der Waals surface area (Å²) in [6.45, 7) is 11.5. The van der Waals surface area contributed by atoms with Crippen molar-refractivity contribution in [3.05, 3.63) is 71.9 Å². The van der Waals surface area contributed by atoms with Crippen LogP contribution in [0.4, 0.5) is 0 Å². The van der Waals surface area contributed by atoms with Crippen LogP contribution in [0.25, 0.3) is 10.9 Å². The SMILES string of the molecule is CC[C@H](C)[C@H](NC(=O)[C@H](CCCNC(=N)N)NC(=O)[C@H](CCCNC(=N)N)NC(=O)[C@H](CC(C)C)NC(=O)[C@H](Cc1ccccc1)NC(=O)CNC(=O)[C@@H](C)N)C(=O)N[C@@H](CCCNC(=N)N)C(=O)N1CCC[C@H]1C(=O)N[C@@H](CCCCN)C(=O)N[C@@H](CC(C)C)C(=O)N[C@@H](CCCCN)C(=O)N[C@@H](Cc1c[nH]c2ccccc12)C(=O)N[C@@H](CC(=O)O)C(=O)N[C@@H](CC(N)=O)C(=O)N[C@@H](CCC(N)=O)C(N)=O. The van der Waals surface area contributed by atoms with E-state index >= 15 is 33.6 Å². The molecule has 1 aliphatic heterocycles. The second-order valence-corrected chi connectivity index (χ2v) is 36.1. The molecule has 142 heavy (non-hydrogen) atoms. The van der Waals surface area contributed by atoms with Crippen LogP contribution in [-0.4, -0.2) is 282 Å². The standard InChI is InChI=1S/C91H149N31O20/c1-8-50(6)73(121-79(133)60(29-19-37-105-90(100)101)111-76(130)59(28-18-36-104-89(98)99)113-81(135)63(41-49(4)5)117-82(136)64(42-52-22-10-9-11-23-52)109-71(125)47-108-75(129)51(7)94)87(141)115-61(30-20-38-106-91(102)103)88(142)122-39-21-31-68(122)86(140)114-58(27-15-17-35-93)78(132)116-62(40-48(2)3)80(134)112-57(26-14-16-34-92)77(131)118-65(43-53-46-107-55-25-13-12-24-54(53)55)83(137)120-67(45-72(126)127)85(139)119-66(44-70(96)124)84(138)110-56(74(97)128)32-33-69(95)123/h9-13,22-25,46,48-51,56-68,73,107H,8,14-21,26-45,47,92-94H2,1-7H3,(H2,95,123)(H2,96,124)(H2,97,128)(H,108,129)(H,109,125)(H,110,138)(H,111,130)(H,112,134)(H,113,135)(H,114,140)(H,115,141)(H,116,132)(H,117,136)(H,118,131)(H,119,139)(H,120,137)(H,121,133)(H,126,127)(H4,98,99,104)(H4,100,101,105)(H4,102,103,106)/t50-,51+,56-,57-,58-,59-,60-,61-,62-,63-,64-,65-,66-,67-,68-,73-/m0/s1. The van der Waals surface area contributed by atoms with Crippen molar-refractivity contribution in [1.82, 2.24) is 100 Å². The fourth-order valence-electron chi connectivity index (χ4n) is 15.5. The second kappa shape index (κ2) is 62.6. The first-order valence-electron chi connectivity index (χ1n) is 47.8. The van der Waals surface area contributed by atoms with Crippen molar-refractivity contribution >= 4 is 141 Å². The lowest BCUT2D eigenvalue weighted by molar-refractivity contribution is -0.143. The molecule has 0 bridgehead atoms. The van der Waals surface area contributed by atoms with Crippen LogP contribution in [0.5, 0.6) is 0 Å². The van der Waals surface area contributed by atoms with E-state index in [9.17, 15) is 62.6 Å². The number of H-pyrrole nitrogens is 1. The maximum atomic E-state index is 15.4. The number of nitrogens with zero attached hydrogens (tertiary/aromatic N) is 1. The molecule has 0 saturated carbocycles. The minimum Gasteiger partial charge on any atom is -0.481 e. The highest BCUT2D eigenvalue weighted by molar-refractivity contribution is 6.02. The van der Waals surface area contributed by atoms with Gasteiger partial charge in [0.05, 0.1) is 25.4 Å². The third-order valence-corrected chi connectivity index (χ3v) is 23.2. The Balaban J connectivity index is 1.70. The number of carboxylic acid groups (broad SMARTS) is 1. The van der Waals surface area contributed by atoms with Crippen molar-refractivity contribution < 1.29 is 96.2 Å². The number of aromatic amines is 1. The smallest absolute Gasteiger partial charge is 0.305 e. The summed E-state index contributed by atoms with van der Waals surface area (Å²) >= 11 is 0. The Labute approximate surface area is 824 Å². The van der Waals surface area contributed by atoms with Crippen molar-refractivity contribution in [2.75, 3.05) is 45.8 Å². The number of primary amides is 3. The van der Waals surface area contributed by atoms with Gasteiger partial charge in [0.1, 0.15) is 84.6 Å². The van der Waals surface area contributed by atoms with Crippen LogP contribution in [0.1, 0.15) is 194 Å². The lowest BCUT2D eigenvalue weighted by atomic mass is 9.96. The first kappa shape index (κ1) is 120. The number of amides is 18. The summed E-state index contributed by atoms with van der Waals surface area (Å²) in [5.74, 6) is -21.4. The zero-order valence-electron chi connectivity index (χ0n) is 81.7. The summed E-state index contributed by atoms with van der Waals surface area (Å²) in [5, 5.41) is 78.4. The zero-order valence-corrected chi connectivity index (χ0v) is 81.7. The first-order chi connectivity index (χ1) is 67.2. The number of hydrogen-bond donors (Lipinski definition) is 31. The molecule has 1 aliphatic rings. The quantitative estimate of drug-likeness (QED) is 0.0142. The Morgan fingerprint density at radius 3 is 1.30 bits per heavy atom. The van der Waals surface area contributed by atoms with E-state index in [1.807, 2.05) is 0 Å². The summed E-state index contributed by atoms with van der Waals surface area (Å²) in [6.07, 6.45) is -0.912. The molecule has 4 rings (SSSR count). The molecule has 788 valence electrons. The van der Waals surface area contributed by atoms with Gasteiger partial charge in [0, 0.05) is 62.5 Å². The van der Waals surface area contributed by atoms with Gasteiger partial charge in [0.15, 0.2) is 17.9 Å². The molecule has 51 nitrogen and oxygen atoms in total. The number of hydrogen-bond acceptors (Lipinski definition) is 25. The van der Waals surface area contributed by atoms with Gasteiger partial charge in [0.2, 0.25) is 106 Å². The van der Waals surface area contributed by atoms with E-state index in [1.54, 1.807) is 96.1 Å². The third-order valence-electron chi connectivity index (χ3n) is 23.2. The van der Waals surface area contributed by atoms with Crippen LogP contribution < -0.4 is 142 Å². The third kappa shape index (κ3) is 44.0. The molecular formula is C91H149N31O20. The molecule has 2 aromatic carbocycles. The van der Waals surface area contributed by atoms with Crippen molar-refractivity contribution in [2.45, 2.75) is 287 Å². The predicted molar refractivity (Wildman–Crippen MR) is 524 cm³/mol. The maximum Gasteiger partial charge on any atom is 0.305 e. The molecule has 0 unspecified atom stereocenters. The summed E-state index contributed by atoms with van der Waals surface area (Å²) in [6, 6.07) is -7.19. The minimum atomic E-state index is -2.08. The lowest BCUT2D eigenvalue weighted by Gasteiger charge is -2.32. The van der Waals surface area contributed by atoms with Gasteiger partial charge >= 0.3 is 5.97 Å². The summed E-state index contributed by atoms with van der Waals surface area (Å²) in [7, 11) is 0. The Kier molecular flexibility index (Phi) is 52.9. The number of aliphatic carboxylic acids is 1. The molecule has 1 fully saturated rings. The molecule has 3 aromatic rings. The molecule has 16 atom stereocenters. The molecule has 40 N–H and O–H groups in total. The van der Waals surface area contributed by atoms with Gasteiger partial charge in [-0.25, -0.2) is 0 Å². The van der Waals surface area contributed by atoms with Crippen molar-refractivity contribution in [3.8, 4) is 0 Å². The Bertz CT molecular complexity index is 4790. The second-order valence-electron chi connectivity index (χ2n) is 36.1. The number of carbonyl (C=O) groups excluding carboxylic acids is 18. The van der Waals surface area contributed by atoms with Gasteiger partial charge in [-0.1, -0.05) is 96.5 Å². The van der Waals surface area contributed by atoms with Crippen LogP contribution in [0.3, 0.4) is 0 Å². The van der Waals surface area contributed by atoms with E-state index in [0.717, 1.165) is 0 Å². The van der Waals surface area contributed by atoms with Gasteiger partial charge in [0.25, 0.3) is 0 Å². The highest BCUT2D eigenvalue weighted by atomic mass is 16.4. The maximum absolute atomic E-state index is 15.4. The summed E-state index contributed by atoms with van der Waals surface area (Å²) in [4.78, 5) is 271. The van der Waals surface area contributed by atoms with Crippen molar-refractivity contribution in [3.63, 3.8) is 0 Å². The normalized spacial score (nSPS) is 15.4. The van der Waals surface area contributed by atoms with E-state index in [1.165, 1.54) is 18.0 Å². The van der Waals surface area contributed by atoms with Crippen molar-refractivity contribution in [1.29, 1.82) is 16.2 Å². The highest BCUT2D eigenvalue weighted by Gasteiger charge is 2.43. The van der Waals surface area contributed by atoms with E-state index in [-0.39, 0.29) is 160 Å². The predicted octanol–water partition coefficient (Wildman–Crippen LogP) is -7.00. The summed E-state index contributed by atoms with van der Waals surface area (Å²) < 4.78 is 0. The van der Waals surface area contributed by atoms with Crippen LogP contribution in [0, 0.1) is 34.0 Å². The monoisotopic (exact) mass is 2000 g/mol. The van der Waals surface area contributed by atoms with Crippen LogP contribution in [0.15, 0.2) is 60.8 Å². The Hall–Kier alpha value is -14.4.